The van der Waals surface area contributed by atoms with Gasteiger partial charge in [0.2, 0.25) is 0 Å². The molecule has 36 heavy (non-hydrogen) atoms. The van der Waals surface area contributed by atoms with Crippen LogP contribution >= 0.6 is 11.6 Å². The summed E-state index contributed by atoms with van der Waals surface area (Å²) in [4.78, 5) is 33.8. The highest BCUT2D eigenvalue weighted by atomic mass is 35.5. The second-order valence-corrected chi connectivity index (χ2v) is 11.7. The summed E-state index contributed by atoms with van der Waals surface area (Å²) < 4.78 is 1.80. The van der Waals surface area contributed by atoms with Crippen molar-refractivity contribution in [3.05, 3.63) is 61.8 Å². The number of nitrogens with one attached hydrogen (secondary N) is 3. The topological polar surface area (TPSA) is 105 Å². The van der Waals surface area contributed by atoms with Crippen molar-refractivity contribution in [3.8, 4) is 0 Å². The van der Waals surface area contributed by atoms with E-state index in [1.54, 1.807) is 10.9 Å². The molecule has 0 radical (unpaired) electrons. The summed E-state index contributed by atoms with van der Waals surface area (Å²) >= 11 is 6.97. The fourth-order valence-corrected chi connectivity index (χ4v) is 5.62. The first-order valence-electron chi connectivity index (χ1n) is 12.2. The quantitative estimate of drug-likeness (QED) is 0.455. The molecule has 0 saturated heterocycles. The van der Waals surface area contributed by atoms with Gasteiger partial charge in [-0.3, -0.25) is 9.59 Å². The number of rotatable bonds is 5. The standard InChI is InChI=1S/C27H35ClN6O2/c1-14(2)34-23-19(13-30-34)20(25(36)29-12-18-15(3)9-16(4)31-24(18)35)21(28)22(32-23)17-10-26(5,6)33-27(7,8)11-17/h9-10,13-14,33H,11-12H2,1-8H3,(H,29,36)(H,31,35). The highest BCUT2D eigenvalue weighted by molar-refractivity contribution is 6.37. The lowest BCUT2D eigenvalue weighted by Gasteiger charge is -2.41. The Morgan fingerprint density at radius 3 is 2.56 bits per heavy atom. The first-order chi connectivity index (χ1) is 16.7. The van der Waals surface area contributed by atoms with E-state index in [4.69, 9.17) is 16.6 Å². The zero-order valence-corrected chi connectivity index (χ0v) is 23.0. The summed E-state index contributed by atoms with van der Waals surface area (Å²) in [5.74, 6) is -0.371. The van der Waals surface area contributed by atoms with Crippen LogP contribution in [0, 0.1) is 13.8 Å². The summed E-state index contributed by atoms with van der Waals surface area (Å²) in [5.41, 5.74) is 3.93. The average Bonchev–Trinajstić information content (AvgIpc) is 3.13. The van der Waals surface area contributed by atoms with Crippen LogP contribution in [0.5, 0.6) is 0 Å². The van der Waals surface area contributed by atoms with Gasteiger partial charge in [0.25, 0.3) is 11.5 Å². The fraction of sp³-hybridized carbons (Fsp3) is 0.481. The van der Waals surface area contributed by atoms with Crippen molar-refractivity contribution in [2.45, 2.75) is 85.5 Å². The highest BCUT2D eigenvalue weighted by Crippen LogP contribution is 2.39. The second-order valence-electron chi connectivity index (χ2n) is 11.3. The summed E-state index contributed by atoms with van der Waals surface area (Å²) in [6, 6.07) is 1.93. The molecule has 0 bridgehead atoms. The van der Waals surface area contributed by atoms with E-state index in [2.05, 4.69) is 54.5 Å². The number of nitrogens with zero attached hydrogens (tertiary/aromatic N) is 3. The Hall–Kier alpha value is -2.97. The zero-order chi connectivity index (χ0) is 26.6. The van der Waals surface area contributed by atoms with E-state index in [9.17, 15) is 9.59 Å². The van der Waals surface area contributed by atoms with Crippen LogP contribution in [0.3, 0.4) is 0 Å². The number of aromatic amines is 1. The number of H-pyrrole nitrogens is 1. The number of aryl methyl sites for hydroxylation is 2. The molecule has 9 heteroatoms. The Kier molecular flexibility index (Phi) is 6.64. The van der Waals surface area contributed by atoms with E-state index < -0.39 is 0 Å². The van der Waals surface area contributed by atoms with Gasteiger partial charge in [0.1, 0.15) is 0 Å². The van der Waals surface area contributed by atoms with E-state index in [0.717, 1.165) is 16.8 Å². The van der Waals surface area contributed by atoms with Gasteiger partial charge >= 0.3 is 0 Å². The predicted molar refractivity (Wildman–Crippen MR) is 145 cm³/mol. The number of hydrogen-bond acceptors (Lipinski definition) is 5. The molecule has 3 aromatic heterocycles. The molecule has 0 unspecified atom stereocenters. The van der Waals surface area contributed by atoms with Gasteiger partial charge in [0, 0.05) is 34.9 Å². The third-order valence-corrected chi connectivity index (χ3v) is 6.82. The third-order valence-electron chi connectivity index (χ3n) is 6.45. The molecule has 0 atom stereocenters. The normalized spacial score (nSPS) is 16.9. The van der Waals surface area contributed by atoms with E-state index in [0.29, 0.717) is 34.3 Å². The minimum Gasteiger partial charge on any atom is -0.348 e. The maximum absolute atomic E-state index is 13.6. The number of aromatic nitrogens is 4. The number of hydrogen-bond donors (Lipinski definition) is 3. The van der Waals surface area contributed by atoms with Crippen LogP contribution in [0.15, 0.2) is 23.1 Å². The molecular formula is C27H35ClN6O2. The number of carbonyl (C=O) groups is 1. The van der Waals surface area contributed by atoms with Crippen LogP contribution < -0.4 is 16.2 Å². The van der Waals surface area contributed by atoms with Crippen LogP contribution in [0.1, 0.15) is 86.9 Å². The van der Waals surface area contributed by atoms with Crippen molar-refractivity contribution in [2.75, 3.05) is 0 Å². The molecule has 4 rings (SSSR count). The molecule has 192 valence electrons. The number of fused-ring (bicyclic) bond motifs is 1. The molecule has 1 aliphatic rings. The monoisotopic (exact) mass is 510 g/mol. The van der Waals surface area contributed by atoms with Gasteiger partial charge in [-0.25, -0.2) is 9.67 Å². The molecule has 0 fully saturated rings. The molecular weight excluding hydrogens is 476 g/mol. The maximum atomic E-state index is 13.6. The van der Waals surface area contributed by atoms with Gasteiger partial charge in [-0.2, -0.15) is 5.10 Å². The Bertz CT molecular complexity index is 1440. The SMILES string of the molecule is Cc1cc(C)c(CNC(=O)c2c(Cl)c(C3=CC(C)(C)NC(C)(C)C3)nc3c2cnn3C(C)C)c(=O)[nH]1. The molecule has 1 amide bonds. The first kappa shape index (κ1) is 26.1. The van der Waals surface area contributed by atoms with Crippen LogP contribution in [-0.4, -0.2) is 36.7 Å². The smallest absolute Gasteiger partial charge is 0.253 e. The van der Waals surface area contributed by atoms with E-state index in [-0.39, 0.29) is 40.2 Å². The van der Waals surface area contributed by atoms with E-state index in [1.165, 1.54) is 0 Å². The third kappa shape index (κ3) is 4.97. The number of amides is 1. The highest BCUT2D eigenvalue weighted by Gasteiger charge is 2.35. The molecule has 3 aromatic rings. The first-order valence-corrected chi connectivity index (χ1v) is 12.6. The number of halogens is 1. The lowest BCUT2D eigenvalue weighted by Crippen LogP contribution is -2.53. The van der Waals surface area contributed by atoms with Crippen molar-refractivity contribution < 1.29 is 4.79 Å². The van der Waals surface area contributed by atoms with Gasteiger partial charge in [-0.15, -0.1) is 0 Å². The largest absolute Gasteiger partial charge is 0.348 e. The van der Waals surface area contributed by atoms with Crippen molar-refractivity contribution in [1.29, 1.82) is 0 Å². The molecule has 0 aromatic carbocycles. The maximum Gasteiger partial charge on any atom is 0.253 e. The summed E-state index contributed by atoms with van der Waals surface area (Å²) in [5, 5.41) is 11.9. The van der Waals surface area contributed by atoms with Gasteiger partial charge < -0.3 is 15.6 Å². The minimum absolute atomic E-state index is 0.0450. The molecule has 0 saturated carbocycles. The van der Waals surface area contributed by atoms with Crippen LogP contribution in [0.25, 0.3) is 16.6 Å². The lowest BCUT2D eigenvalue weighted by molar-refractivity contribution is 0.0952. The van der Waals surface area contributed by atoms with Crippen LogP contribution in [0.2, 0.25) is 5.02 Å². The Morgan fingerprint density at radius 1 is 1.25 bits per heavy atom. The Balaban J connectivity index is 1.84. The average molecular weight is 511 g/mol. The van der Waals surface area contributed by atoms with Crippen LogP contribution in [-0.2, 0) is 6.54 Å². The molecule has 3 N–H and O–H groups in total. The Labute approximate surface area is 216 Å². The number of pyridine rings is 2. The second kappa shape index (κ2) is 9.16. The lowest BCUT2D eigenvalue weighted by atomic mass is 9.82. The van der Waals surface area contributed by atoms with Gasteiger partial charge in [-0.1, -0.05) is 17.7 Å². The van der Waals surface area contributed by atoms with Crippen molar-refractivity contribution >= 4 is 34.1 Å². The van der Waals surface area contributed by atoms with Crippen molar-refractivity contribution in [2.24, 2.45) is 0 Å². The zero-order valence-electron chi connectivity index (χ0n) is 22.3. The van der Waals surface area contributed by atoms with Gasteiger partial charge in [-0.05, 0) is 79.0 Å². The fourth-order valence-electron chi connectivity index (χ4n) is 5.27. The van der Waals surface area contributed by atoms with Crippen LogP contribution in [0.4, 0.5) is 0 Å². The predicted octanol–water partition coefficient (Wildman–Crippen LogP) is 4.83. The molecule has 1 aliphatic heterocycles. The van der Waals surface area contributed by atoms with Gasteiger partial charge in [0.15, 0.2) is 5.65 Å². The summed E-state index contributed by atoms with van der Waals surface area (Å²) in [7, 11) is 0. The molecule has 4 heterocycles. The summed E-state index contributed by atoms with van der Waals surface area (Å²) in [6.07, 6.45) is 4.47. The van der Waals surface area contributed by atoms with E-state index in [1.807, 2.05) is 33.8 Å². The Morgan fingerprint density at radius 2 is 1.94 bits per heavy atom. The molecule has 8 nitrogen and oxygen atoms in total. The molecule has 0 aliphatic carbocycles. The van der Waals surface area contributed by atoms with E-state index >= 15 is 0 Å². The van der Waals surface area contributed by atoms with Crippen molar-refractivity contribution in [3.63, 3.8) is 0 Å². The van der Waals surface area contributed by atoms with Crippen molar-refractivity contribution in [1.82, 2.24) is 30.4 Å². The minimum atomic E-state index is -0.371. The number of carbonyl (C=O) groups excluding carboxylic acids is 1. The summed E-state index contributed by atoms with van der Waals surface area (Å²) in [6.45, 7) is 16.3. The van der Waals surface area contributed by atoms with Gasteiger partial charge in [0.05, 0.1) is 27.9 Å². The molecule has 0 spiro atoms.